The van der Waals surface area contributed by atoms with Crippen molar-refractivity contribution in [1.82, 2.24) is 15.5 Å². The fourth-order valence-electron chi connectivity index (χ4n) is 2.94. The molecule has 0 radical (unpaired) electrons. The van der Waals surface area contributed by atoms with Crippen molar-refractivity contribution in [2.24, 2.45) is 0 Å². The summed E-state index contributed by atoms with van der Waals surface area (Å²) in [6.07, 6.45) is 0.861. The van der Waals surface area contributed by atoms with E-state index in [2.05, 4.69) is 10.6 Å². The lowest BCUT2D eigenvalue weighted by Gasteiger charge is -2.23. The van der Waals surface area contributed by atoms with Gasteiger partial charge in [-0.15, -0.1) is 0 Å². The van der Waals surface area contributed by atoms with Crippen molar-refractivity contribution in [3.05, 3.63) is 34.9 Å². The fourth-order valence-corrected chi connectivity index (χ4v) is 2.94. The Morgan fingerprint density at radius 1 is 1.32 bits per heavy atom. The number of carbonyl (C=O) groups excluding carboxylic acids is 3. The molecule has 1 fully saturated rings. The molecule has 2 heterocycles. The third-order valence-corrected chi connectivity index (χ3v) is 4.25. The van der Waals surface area contributed by atoms with Gasteiger partial charge in [0.15, 0.2) is 0 Å². The third-order valence-electron chi connectivity index (χ3n) is 4.25. The molecule has 0 saturated carbocycles. The molecular weight excluding hydrogens is 282 g/mol. The molecule has 2 unspecified atom stereocenters. The van der Waals surface area contributed by atoms with Gasteiger partial charge in [-0.25, -0.2) is 0 Å². The van der Waals surface area contributed by atoms with Gasteiger partial charge >= 0.3 is 0 Å². The van der Waals surface area contributed by atoms with E-state index < -0.39 is 17.9 Å². The topological polar surface area (TPSA) is 78.5 Å². The van der Waals surface area contributed by atoms with Crippen molar-refractivity contribution in [3.63, 3.8) is 0 Å². The predicted molar refractivity (Wildman–Crippen MR) is 80.6 cm³/mol. The van der Waals surface area contributed by atoms with Crippen molar-refractivity contribution in [2.45, 2.75) is 32.4 Å². The molecule has 0 aromatic heterocycles. The lowest BCUT2D eigenvalue weighted by molar-refractivity contribution is -0.125. The first-order valence-corrected chi connectivity index (χ1v) is 7.48. The Hall–Kier alpha value is -2.21. The molecule has 2 aliphatic heterocycles. The number of hydrogen-bond donors (Lipinski definition) is 2. The maximum Gasteiger partial charge on any atom is 0.262 e. The van der Waals surface area contributed by atoms with Crippen LogP contribution >= 0.6 is 0 Å². The molecule has 6 nitrogen and oxygen atoms in total. The molecule has 1 saturated heterocycles. The van der Waals surface area contributed by atoms with Gasteiger partial charge < -0.3 is 10.6 Å². The SMILES string of the molecule is Cc1ccc2c(c1)C(=O)N(C(C)C(=O)NC1CCNC1)C2=O. The average molecular weight is 301 g/mol. The summed E-state index contributed by atoms with van der Waals surface area (Å²) in [7, 11) is 0. The van der Waals surface area contributed by atoms with E-state index in [0.717, 1.165) is 30.0 Å². The Kier molecular flexibility index (Phi) is 3.70. The van der Waals surface area contributed by atoms with E-state index in [9.17, 15) is 14.4 Å². The number of aryl methyl sites for hydroxylation is 1. The molecule has 116 valence electrons. The first-order chi connectivity index (χ1) is 10.5. The second-order valence-electron chi connectivity index (χ2n) is 5.90. The zero-order valence-electron chi connectivity index (χ0n) is 12.7. The van der Waals surface area contributed by atoms with Crippen LogP contribution in [-0.2, 0) is 4.79 Å². The van der Waals surface area contributed by atoms with E-state index in [1.165, 1.54) is 0 Å². The summed E-state index contributed by atoms with van der Waals surface area (Å²) in [6.45, 7) is 5.04. The van der Waals surface area contributed by atoms with Crippen LogP contribution in [0.1, 0.15) is 39.6 Å². The maximum absolute atomic E-state index is 12.5. The molecule has 3 amide bonds. The monoisotopic (exact) mass is 301 g/mol. The number of carbonyl (C=O) groups is 3. The third kappa shape index (κ3) is 2.39. The maximum atomic E-state index is 12.5. The number of amides is 3. The van der Waals surface area contributed by atoms with Gasteiger partial charge in [-0.3, -0.25) is 19.3 Å². The summed E-state index contributed by atoms with van der Waals surface area (Å²) in [5.41, 5.74) is 1.67. The molecular formula is C16H19N3O3. The Morgan fingerprint density at radius 2 is 2.05 bits per heavy atom. The van der Waals surface area contributed by atoms with Crippen LogP contribution in [0.4, 0.5) is 0 Å². The van der Waals surface area contributed by atoms with Gasteiger partial charge in [0.2, 0.25) is 5.91 Å². The second kappa shape index (κ2) is 5.53. The van der Waals surface area contributed by atoms with Crippen molar-refractivity contribution in [3.8, 4) is 0 Å². The number of imide groups is 1. The Balaban J connectivity index is 1.78. The van der Waals surface area contributed by atoms with Crippen LogP contribution in [0.2, 0.25) is 0 Å². The van der Waals surface area contributed by atoms with Crippen LogP contribution < -0.4 is 10.6 Å². The molecule has 6 heteroatoms. The molecule has 2 aliphatic rings. The highest BCUT2D eigenvalue weighted by molar-refractivity contribution is 6.22. The van der Waals surface area contributed by atoms with E-state index >= 15 is 0 Å². The number of hydrogen-bond acceptors (Lipinski definition) is 4. The summed E-state index contributed by atoms with van der Waals surface area (Å²) in [5, 5.41) is 6.05. The standard InChI is InChI=1S/C16H19N3O3/c1-9-3-4-12-13(7-9)16(22)19(15(12)21)10(2)14(20)18-11-5-6-17-8-11/h3-4,7,10-11,17H,5-6,8H2,1-2H3,(H,18,20). The minimum atomic E-state index is -0.812. The summed E-state index contributed by atoms with van der Waals surface area (Å²) in [6, 6.07) is 4.39. The zero-order valence-corrected chi connectivity index (χ0v) is 12.7. The molecule has 2 atom stereocenters. The number of rotatable bonds is 3. The van der Waals surface area contributed by atoms with Gasteiger partial charge in [-0.2, -0.15) is 0 Å². The summed E-state index contributed by atoms with van der Waals surface area (Å²) >= 11 is 0. The highest BCUT2D eigenvalue weighted by Crippen LogP contribution is 2.25. The summed E-state index contributed by atoms with van der Waals surface area (Å²) in [5.74, 6) is -1.08. The van der Waals surface area contributed by atoms with Crippen LogP contribution in [0.25, 0.3) is 0 Å². The molecule has 3 rings (SSSR count). The van der Waals surface area contributed by atoms with Crippen LogP contribution in [0.5, 0.6) is 0 Å². The second-order valence-corrected chi connectivity index (χ2v) is 5.90. The van der Waals surface area contributed by atoms with Gasteiger partial charge in [0.05, 0.1) is 11.1 Å². The minimum absolute atomic E-state index is 0.0624. The molecule has 1 aromatic rings. The van der Waals surface area contributed by atoms with Crippen molar-refractivity contribution >= 4 is 17.7 Å². The van der Waals surface area contributed by atoms with Crippen molar-refractivity contribution < 1.29 is 14.4 Å². The van der Waals surface area contributed by atoms with E-state index in [4.69, 9.17) is 0 Å². The first-order valence-electron chi connectivity index (χ1n) is 7.48. The number of nitrogens with one attached hydrogen (secondary N) is 2. The minimum Gasteiger partial charge on any atom is -0.350 e. The number of benzene rings is 1. The number of fused-ring (bicyclic) bond motifs is 1. The predicted octanol–water partition coefficient (Wildman–Crippen LogP) is 0.458. The Bertz CT molecular complexity index is 650. The summed E-state index contributed by atoms with van der Waals surface area (Å²) < 4.78 is 0. The van der Waals surface area contributed by atoms with Crippen LogP contribution in [0, 0.1) is 6.92 Å². The molecule has 0 bridgehead atoms. The van der Waals surface area contributed by atoms with Crippen LogP contribution in [-0.4, -0.2) is 47.8 Å². The van der Waals surface area contributed by atoms with E-state index in [0.29, 0.717) is 11.1 Å². The lowest BCUT2D eigenvalue weighted by atomic mass is 10.1. The highest BCUT2D eigenvalue weighted by atomic mass is 16.2. The van der Waals surface area contributed by atoms with E-state index in [1.807, 2.05) is 6.92 Å². The molecule has 2 N–H and O–H groups in total. The van der Waals surface area contributed by atoms with Crippen LogP contribution in [0.3, 0.4) is 0 Å². The van der Waals surface area contributed by atoms with Crippen molar-refractivity contribution in [2.75, 3.05) is 13.1 Å². The van der Waals surface area contributed by atoms with Gasteiger partial charge in [-0.1, -0.05) is 11.6 Å². The van der Waals surface area contributed by atoms with Gasteiger partial charge in [0.1, 0.15) is 6.04 Å². The number of nitrogens with zero attached hydrogens (tertiary/aromatic N) is 1. The smallest absolute Gasteiger partial charge is 0.262 e. The van der Waals surface area contributed by atoms with E-state index in [-0.39, 0.29) is 11.9 Å². The quantitative estimate of drug-likeness (QED) is 0.795. The summed E-state index contributed by atoms with van der Waals surface area (Å²) in [4.78, 5) is 38.2. The van der Waals surface area contributed by atoms with Gasteiger partial charge in [0.25, 0.3) is 11.8 Å². The highest BCUT2D eigenvalue weighted by Gasteiger charge is 2.41. The van der Waals surface area contributed by atoms with Gasteiger partial charge in [0, 0.05) is 12.6 Å². The molecule has 22 heavy (non-hydrogen) atoms. The lowest BCUT2D eigenvalue weighted by Crippen LogP contribution is -2.50. The molecule has 0 aliphatic carbocycles. The average Bonchev–Trinajstić information content (AvgIpc) is 3.06. The zero-order chi connectivity index (χ0) is 15.9. The Morgan fingerprint density at radius 3 is 2.73 bits per heavy atom. The molecule has 1 aromatic carbocycles. The Labute approximate surface area is 128 Å². The largest absolute Gasteiger partial charge is 0.350 e. The van der Waals surface area contributed by atoms with Crippen LogP contribution in [0.15, 0.2) is 18.2 Å². The normalized spacial score (nSPS) is 21.9. The van der Waals surface area contributed by atoms with Gasteiger partial charge in [-0.05, 0) is 38.9 Å². The van der Waals surface area contributed by atoms with Crippen molar-refractivity contribution in [1.29, 1.82) is 0 Å². The fraction of sp³-hybridized carbons (Fsp3) is 0.438. The van der Waals surface area contributed by atoms with E-state index in [1.54, 1.807) is 25.1 Å². The first kappa shape index (κ1) is 14.7. The molecule has 0 spiro atoms.